The first-order chi connectivity index (χ1) is 15.6. The predicted octanol–water partition coefficient (Wildman–Crippen LogP) is 5.68. The summed E-state index contributed by atoms with van der Waals surface area (Å²) < 4.78 is 36.2. The number of aryl methyl sites for hydroxylation is 3. The van der Waals surface area contributed by atoms with Gasteiger partial charge in [-0.1, -0.05) is 6.07 Å². The van der Waals surface area contributed by atoms with Gasteiger partial charge in [0.2, 0.25) is 6.41 Å². The molecule has 1 fully saturated rings. The van der Waals surface area contributed by atoms with Crippen LogP contribution in [-0.2, 0) is 4.79 Å². The van der Waals surface area contributed by atoms with Crippen molar-refractivity contribution in [3.8, 4) is 0 Å². The van der Waals surface area contributed by atoms with Gasteiger partial charge >= 0.3 is 6.18 Å². The molecule has 2 aromatic heterocycles. The number of hydrogen-bond acceptors (Lipinski definition) is 7. The van der Waals surface area contributed by atoms with Crippen LogP contribution in [0.4, 0.5) is 19.0 Å². The lowest BCUT2D eigenvalue weighted by atomic mass is 9.97. The first-order valence-electron chi connectivity index (χ1n) is 10.3. The molecule has 180 valence electrons. The van der Waals surface area contributed by atoms with Gasteiger partial charge in [0.1, 0.15) is 5.82 Å². The maximum absolute atomic E-state index is 12.1. The summed E-state index contributed by atoms with van der Waals surface area (Å²) in [4.78, 5) is 25.5. The smallest absolute Gasteiger partial charge is 0.361 e. The van der Waals surface area contributed by atoms with E-state index in [2.05, 4.69) is 27.0 Å². The maximum atomic E-state index is 12.1. The van der Waals surface area contributed by atoms with E-state index in [0.717, 1.165) is 38.5 Å². The van der Waals surface area contributed by atoms with Gasteiger partial charge in [-0.3, -0.25) is 9.79 Å². The Morgan fingerprint density at radius 1 is 1.33 bits per heavy atom. The van der Waals surface area contributed by atoms with Crippen molar-refractivity contribution >= 4 is 47.7 Å². The SMILES string of the molecule is C=N/C(=C\SCNc1ccc(C)cn1)c1sc(C)nc1C.O=CN1CCC(C(F)(F)F)CC1. The first-order valence-corrected chi connectivity index (χ1v) is 12.2. The number of halogens is 3. The lowest BCUT2D eigenvalue weighted by molar-refractivity contribution is -0.185. The number of nitrogens with one attached hydrogen (secondary N) is 1. The quantitative estimate of drug-likeness (QED) is 0.230. The number of thiazole rings is 1. The molecule has 0 atom stereocenters. The number of carbonyl (C=O) groups excluding carboxylic acids is 1. The van der Waals surface area contributed by atoms with E-state index < -0.39 is 12.1 Å². The number of aromatic nitrogens is 2. The molecule has 0 radical (unpaired) electrons. The van der Waals surface area contributed by atoms with Crippen LogP contribution in [0, 0.1) is 26.7 Å². The van der Waals surface area contributed by atoms with Gasteiger partial charge in [-0.05, 0) is 57.4 Å². The minimum atomic E-state index is -4.09. The molecule has 0 aromatic carbocycles. The summed E-state index contributed by atoms with van der Waals surface area (Å²) in [5.74, 6) is 0.388. The summed E-state index contributed by atoms with van der Waals surface area (Å²) in [6, 6.07) is 4.01. The Hall–Kier alpha value is -2.40. The highest BCUT2D eigenvalue weighted by Crippen LogP contribution is 2.33. The normalized spacial score (nSPS) is 15.0. The molecular weight excluding hydrogens is 471 g/mol. The molecule has 2 aromatic rings. The molecule has 0 saturated carbocycles. The molecule has 1 amide bonds. The summed E-state index contributed by atoms with van der Waals surface area (Å²) in [5.41, 5.74) is 3.04. The van der Waals surface area contributed by atoms with E-state index in [1.807, 2.05) is 44.5 Å². The van der Waals surface area contributed by atoms with Crippen molar-refractivity contribution in [3.63, 3.8) is 0 Å². The number of piperidine rings is 1. The Bertz CT molecular complexity index is 936. The zero-order chi connectivity index (χ0) is 24.4. The number of rotatable bonds is 7. The average Bonchev–Trinajstić information content (AvgIpc) is 3.12. The van der Waals surface area contributed by atoms with Crippen LogP contribution in [-0.4, -0.2) is 53.1 Å². The molecule has 3 heterocycles. The number of hydrogen-bond donors (Lipinski definition) is 1. The third kappa shape index (κ3) is 8.81. The number of alkyl halides is 3. The summed E-state index contributed by atoms with van der Waals surface area (Å²) in [6.45, 7) is 10.1. The number of amides is 1. The van der Waals surface area contributed by atoms with Gasteiger partial charge in [0.15, 0.2) is 0 Å². The average molecular weight is 500 g/mol. The highest BCUT2D eigenvalue weighted by atomic mass is 32.2. The van der Waals surface area contributed by atoms with Crippen molar-refractivity contribution in [2.45, 2.75) is 39.8 Å². The Kier molecular flexibility index (Phi) is 10.4. The third-order valence-corrected chi connectivity index (χ3v) is 6.69. The van der Waals surface area contributed by atoms with Crippen molar-refractivity contribution in [2.24, 2.45) is 10.9 Å². The van der Waals surface area contributed by atoms with Crippen LogP contribution in [0.5, 0.6) is 0 Å². The molecule has 1 N–H and O–H groups in total. The van der Waals surface area contributed by atoms with E-state index in [9.17, 15) is 18.0 Å². The Morgan fingerprint density at radius 3 is 2.52 bits per heavy atom. The zero-order valence-corrected chi connectivity index (χ0v) is 20.5. The monoisotopic (exact) mass is 499 g/mol. The first kappa shape index (κ1) is 26.8. The summed E-state index contributed by atoms with van der Waals surface area (Å²) in [6.07, 6.45) is -1.55. The summed E-state index contributed by atoms with van der Waals surface area (Å²) >= 11 is 3.27. The number of nitrogens with zero attached hydrogens (tertiary/aromatic N) is 4. The van der Waals surface area contributed by atoms with Gasteiger partial charge in [0.25, 0.3) is 0 Å². The van der Waals surface area contributed by atoms with Crippen molar-refractivity contribution in [1.29, 1.82) is 0 Å². The number of anilines is 1. The van der Waals surface area contributed by atoms with E-state index in [1.54, 1.807) is 23.1 Å². The van der Waals surface area contributed by atoms with Crippen LogP contribution >= 0.6 is 23.1 Å². The molecular formula is C22H28F3N5OS2. The van der Waals surface area contributed by atoms with Gasteiger partial charge in [0.05, 0.1) is 33.1 Å². The zero-order valence-electron chi connectivity index (χ0n) is 18.9. The molecule has 1 aliphatic heterocycles. The number of pyridine rings is 1. The molecule has 0 spiro atoms. The van der Waals surface area contributed by atoms with E-state index in [-0.39, 0.29) is 25.9 Å². The van der Waals surface area contributed by atoms with E-state index in [1.165, 1.54) is 4.90 Å². The molecule has 1 saturated heterocycles. The molecule has 0 aliphatic carbocycles. The van der Waals surface area contributed by atoms with Crippen molar-refractivity contribution in [1.82, 2.24) is 14.9 Å². The Labute approximate surface area is 200 Å². The predicted molar refractivity (Wildman–Crippen MR) is 131 cm³/mol. The van der Waals surface area contributed by atoms with Gasteiger partial charge < -0.3 is 10.2 Å². The molecule has 0 unspecified atom stereocenters. The molecule has 11 heteroatoms. The minimum absolute atomic E-state index is 0.0439. The fourth-order valence-electron chi connectivity index (χ4n) is 3.07. The van der Waals surface area contributed by atoms with E-state index >= 15 is 0 Å². The van der Waals surface area contributed by atoms with Crippen LogP contribution in [0.3, 0.4) is 0 Å². The maximum Gasteiger partial charge on any atom is 0.391 e. The minimum Gasteiger partial charge on any atom is -0.361 e. The molecule has 1 aliphatic rings. The molecule has 3 rings (SSSR count). The topological polar surface area (TPSA) is 70.5 Å². The molecule has 0 bridgehead atoms. The largest absolute Gasteiger partial charge is 0.391 e. The number of likely N-dealkylation sites (tertiary alicyclic amines) is 1. The summed E-state index contributed by atoms with van der Waals surface area (Å²) in [7, 11) is 0. The van der Waals surface area contributed by atoms with Crippen LogP contribution in [0.25, 0.3) is 5.70 Å². The second-order valence-corrected chi connectivity index (χ2v) is 9.54. The van der Waals surface area contributed by atoms with E-state index in [0.29, 0.717) is 6.41 Å². The fraction of sp³-hybridized carbons (Fsp3) is 0.455. The van der Waals surface area contributed by atoms with Gasteiger partial charge in [0, 0.05) is 19.3 Å². The number of carbonyl (C=O) groups is 1. The van der Waals surface area contributed by atoms with Crippen molar-refractivity contribution in [2.75, 3.05) is 24.3 Å². The van der Waals surface area contributed by atoms with Crippen molar-refractivity contribution < 1.29 is 18.0 Å². The molecule has 6 nitrogen and oxygen atoms in total. The number of thioether (sulfide) groups is 1. The third-order valence-electron chi connectivity index (χ3n) is 4.89. The Balaban J connectivity index is 0.000000273. The van der Waals surface area contributed by atoms with Crippen molar-refractivity contribution in [3.05, 3.63) is 44.9 Å². The van der Waals surface area contributed by atoms with Crippen LogP contribution in [0.15, 0.2) is 28.7 Å². The Morgan fingerprint density at radius 2 is 2.03 bits per heavy atom. The highest BCUT2D eigenvalue weighted by molar-refractivity contribution is 8.02. The van der Waals surface area contributed by atoms with Gasteiger partial charge in [-0.15, -0.1) is 23.1 Å². The molecule has 33 heavy (non-hydrogen) atoms. The summed E-state index contributed by atoms with van der Waals surface area (Å²) in [5, 5.41) is 6.31. The van der Waals surface area contributed by atoms with Crippen LogP contribution in [0.1, 0.15) is 34.0 Å². The van der Waals surface area contributed by atoms with Crippen LogP contribution < -0.4 is 5.32 Å². The fourth-order valence-corrected chi connectivity index (χ4v) is 4.71. The van der Waals surface area contributed by atoms with Gasteiger partial charge in [-0.2, -0.15) is 13.2 Å². The second-order valence-electron chi connectivity index (χ2n) is 7.47. The number of aliphatic imine (C=N–C) groups is 1. The second kappa shape index (κ2) is 12.7. The lowest BCUT2D eigenvalue weighted by Gasteiger charge is -2.30. The standard InChI is InChI=1S/C15H18N4S2.C7H10F3NO/c1-10-5-6-14(17-7-10)18-9-20-8-13(16-4)15-11(2)19-12(3)21-15;8-7(9,10)6-1-3-11(5-12)4-2-6/h5-8H,4,9H2,1-3H3,(H,17,18);5-6H,1-4H2/b13-8-;. The van der Waals surface area contributed by atoms with Crippen LogP contribution in [0.2, 0.25) is 0 Å². The van der Waals surface area contributed by atoms with Gasteiger partial charge in [-0.25, -0.2) is 9.97 Å². The lowest BCUT2D eigenvalue weighted by Crippen LogP contribution is -2.38. The highest BCUT2D eigenvalue weighted by Gasteiger charge is 2.40. The van der Waals surface area contributed by atoms with E-state index in [4.69, 9.17) is 0 Å².